The van der Waals surface area contributed by atoms with E-state index in [2.05, 4.69) is 24.9 Å². The van der Waals surface area contributed by atoms with Crippen molar-refractivity contribution in [3.8, 4) is 0 Å². The summed E-state index contributed by atoms with van der Waals surface area (Å²) < 4.78 is 0. The Morgan fingerprint density at radius 3 is 2.93 bits per heavy atom. The molecule has 0 amide bonds. The van der Waals surface area contributed by atoms with Gasteiger partial charge in [-0.25, -0.2) is 0 Å². The smallest absolute Gasteiger partial charge is 0.0409 e. The van der Waals surface area contributed by atoms with Crippen LogP contribution in [0.3, 0.4) is 0 Å². The Bertz CT molecular complexity index is 307. The molecule has 1 rings (SSSR count). The summed E-state index contributed by atoms with van der Waals surface area (Å²) in [5.41, 5.74) is 2.44. The van der Waals surface area contributed by atoms with E-state index in [0.29, 0.717) is 0 Å². The number of nitrogens with one attached hydrogen (secondary N) is 1. The molecule has 0 bridgehead atoms. The predicted molar refractivity (Wildman–Crippen MR) is 62.6 cm³/mol. The summed E-state index contributed by atoms with van der Waals surface area (Å²) in [6.07, 6.45) is 1.03. The van der Waals surface area contributed by atoms with Crippen molar-refractivity contribution in [3.05, 3.63) is 47.0 Å². The highest BCUT2D eigenvalue weighted by Gasteiger charge is 1.94. The first-order chi connectivity index (χ1) is 6.72. The van der Waals surface area contributed by atoms with Crippen molar-refractivity contribution in [1.82, 2.24) is 5.32 Å². The molecule has 0 aliphatic carbocycles. The molecule has 0 heterocycles. The van der Waals surface area contributed by atoms with Gasteiger partial charge >= 0.3 is 0 Å². The molecule has 0 aliphatic rings. The molecule has 1 nitrogen and oxygen atoms in total. The molecule has 0 saturated carbocycles. The van der Waals surface area contributed by atoms with Crippen molar-refractivity contribution >= 4 is 11.6 Å². The quantitative estimate of drug-likeness (QED) is 0.734. The molecule has 0 fully saturated rings. The van der Waals surface area contributed by atoms with E-state index in [0.717, 1.165) is 24.5 Å². The summed E-state index contributed by atoms with van der Waals surface area (Å²) in [4.78, 5) is 0. The first-order valence-electron chi connectivity index (χ1n) is 4.84. The third kappa shape index (κ3) is 3.95. The molecule has 0 spiro atoms. The normalized spacial score (nSPS) is 10.1. The zero-order chi connectivity index (χ0) is 10.4. The molecule has 0 unspecified atom stereocenters. The van der Waals surface area contributed by atoms with Crippen LogP contribution in [0.1, 0.15) is 18.9 Å². The highest BCUT2D eigenvalue weighted by Crippen LogP contribution is 2.10. The lowest BCUT2D eigenvalue weighted by Gasteiger charge is -2.05. The zero-order valence-electron chi connectivity index (χ0n) is 8.52. The second-order valence-corrected chi connectivity index (χ2v) is 3.77. The van der Waals surface area contributed by atoms with Gasteiger partial charge in [0.15, 0.2) is 0 Å². The molecule has 2 heteroatoms. The van der Waals surface area contributed by atoms with Gasteiger partial charge in [0.2, 0.25) is 0 Å². The molecule has 0 aromatic heterocycles. The summed E-state index contributed by atoms with van der Waals surface area (Å²) in [5.74, 6) is 0. The summed E-state index contributed by atoms with van der Waals surface area (Å²) in [6, 6.07) is 7.89. The Labute approximate surface area is 90.8 Å². The van der Waals surface area contributed by atoms with Gasteiger partial charge in [0, 0.05) is 18.1 Å². The molecule has 0 aliphatic heterocycles. The largest absolute Gasteiger partial charge is 0.309 e. The number of hydrogen-bond acceptors (Lipinski definition) is 1. The van der Waals surface area contributed by atoms with E-state index in [9.17, 15) is 0 Å². The first-order valence-corrected chi connectivity index (χ1v) is 5.22. The van der Waals surface area contributed by atoms with Crippen LogP contribution >= 0.6 is 11.6 Å². The topological polar surface area (TPSA) is 12.0 Å². The third-order valence-electron chi connectivity index (χ3n) is 2.09. The summed E-state index contributed by atoms with van der Waals surface area (Å²) in [5, 5.41) is 4.11. The van der Waals surface area contributed by atoms with Crippen molar-refractivity contribution < 1.29 is 0 Å². The molecular weight excluding hydrogens is 194 g/mol. The van der Waals surface area contributed by atoms with Crippen LogP contribution in [0, 0.1) is 0 Å². The maximum Gasteiger partial charge on any atom is 0.0409 e. The zero-order valence-corrected chi connectivity index (χ0v) is 9.27. The van der Waals surface area contributed by atoms with E-state index < -0.39 is 0 Å². The Hall–Kier alpha value is -0.790. The van der Waals surface area contributed by atoms with Gasteiger partial charge in [-0.1, -0.05) is 42.8 Å². The van der Waals surface area contributed by atoms with Crippen molar-refractivity contribution in [2.24, 2.45) is 0 Å². The molecule has 0 saturated heterocycles. The van der Waals surface area contributed by atoms with Gasteiger partial charge in [-0.3, -0.25) is 0 Å². The summed E-state index contributed by atoms with van der Waals surface area (Å²) >= 11 is 5.87. The Morgan fingerprint density at radius 1 is 1.50 bits per heavy atom. The molecule has 76 valence electrons. The molecule has 1 N–H and O–H groups in total. The van der Waals surface area contributed by atoms with Crippen LogP contribution in [0.15, 0.2) is 36.4 Å². The maximum absolute atomic E-state index is 5.87. The van der Waals surface area contributed by atoms with E-state index in [4.69, 9.17) is 11.6 Å². The molecule has 0 atom stereocenters. The highest BCUT2D eigenvalue weighted by atomic mass is 35.5. The summed E-state index contributed by atoms with van der Waals surface area (Å²) in [6.45, 7) is 7.77. The molecule has 1 aromatic carbocycles. The SMILES string of the molecule is C=C(CC)CNCc1cccc(Cl)c1. The van der Waals surface area contributed by atoms with Gasteiger partial charge in [-0.15, -0.1) is 0 Å². The van der Waals surface area contributed by atoms with E-state index in [-0.39, 0.29) is 0 Å². The molecule has 0 radical (unpaired) electrons. The van der Waals surface area contributed by atoms with Gasteiger partial charge in [0.1, 0.15) is 0 Å². The van der Waals surface area contributed by atoms with Crippen LogP contribution in [0.5, 0.6) is 0 Å². The number of rotatable bonds is 5. The molecule has 1 aromatic rings. The second kappa shape index (κ2) is 5.84. The monoisotopic (exact) mass is 209 g/mol. The van der Waals surface area contributed by atoms with Gasteiger partial charge in [0.05, 0.1) is 0 Å². The molecule has 14 heavy (non-hydrogen) atoms. The maximum atomic E-state index is 5.87. The fourth-order valence-corrected chi connectivity index (χ4v) is 1.37. The average Bonchev–Trinajstić information content (AvgIpc) is 2.17. The van der Waals surface area contributed by atoms with E-state index in [1.54, 1.807) is 0 Å². The van der Waals surface area contributed by atoms with Crippen LogP contribution < -0.4 is 5.32 Å². The lowest BCUT2D eigenvalue weighted by Crippen LogP contribution is -2.15. The van der Waals surface area contributed by atoms with Gasteiger partial charge in [-0.05, 0) is 24.1 Å². The van der Waals surface area contributed by atoms with Crippen LogP contribution in [-0.4, -0.2) is 6.54 Å². The third-order valence-corrected chi connectivity index (χ3v) is 2.33. The van der Waals surface area contributed by atoms with Crippen LogP contribution in [-0.2, 0) is 6.54 Å². The van der Waals surface area contributed by atoms with Crippen LogP contribution in [0.25, 0.3) is 0 Å². The van der Waals surface area contributed by atoms with E-state index in [1.807, 2.05) is 18.2 Å². The predicted octanol–water partition coefficient (Wildman–Crippen LogP) is 3.40. The van der Waals surface area contributed by atoms with Crippen LogP contribution in [0.2, 0.25) is 5.02 Å². The summed E-state index contributed by atoms with van der Waals surface area (Å²) in [7, 11) is 0. The lowest BCUT2D eigenvalue weighted by atomic mass is 10.2. The van der Waals surface area contributed by atoms with E-state index >= 15 is 0 Å². The minimum absolute atomic E-state index is 0.790. The van der Waals surface area contributed by atoms with Gasteiger partial charge in [-0.2, -0.15) is 0 Å². The minimum atomic E-state index is 0.790. The number of halogens is 1. The first kappa shape index (κ1) is 11.3. The average molecular weight is 210 g/mol. The lowest BCUT2D eigenvalue weighted by molar-refractivity contribution is 0.727. The minimum Gasteiger partial charge on any atom is -0.309 e. The van der Waals surface area contributed by atoms with Gasteiger partial charge in [0.25, 0.3) is 0 Å². The fraction of sp³-hybridized carbons (Fsp3) is 0.333. The second-order valence-electron chi connectivity index (χ2n) is 3.34. The van der Waals surface area contributed by atoms with Crippen LogP contribution in [0.4, 0.5) is 0 Å². The Morgan fingerprint density at radius 2 is 2.29 bits per heavy atom. The Balaban J connectivity index is 2.35. The number of hydrogen-bond donors (Lipinski definition) is 1. The van der Waals surface area contributed by atoms with E-state index in [1.165, 1.54) is 11.1 Å². The Kier molecular flexibility index (Phi) is 4.71. The van der Waals surface area contributed by atoms with Crippen molar-refractivity contribution in [3.63, 3.8) is 0 Å². The van der Waals surface area contributed by atoms with Crippen molar-refractivity contribution in [2.45, 2.75) is 19.9 Å². The van der Waals surface area contributed by atoms with Crippen molar-refractivity contribution in [2.75, 3.05) is 6.54 Å². The number of benzene rings is 1. The molecular formula is C12H16ClN. The fourth-order valence-electron chi connectivity index (χ4n) is 1.16. The van der Waals surface area contributed by atoms with Crippen molar-refractivity contribution in [1.29, 1.82) is 0 Å². The van der Waals surface area contributed by atoms with Gasteiger partial charge < -0.3 is 5.32 Å². The highest BCUT2D eigenvalue weighted by molar-refractivity contribution is 6.30. The standard InChI is InChI=1S/C12H16ClN/c1-3-10(2)8-14-9-11-5-4-6-12(13)7-11/h4-7,14H,2-3,8-9H2,1H3.